The van der Waals surface area contributed by atoms with Crippen LogP contribution in [-0.2, 0) is 19.4 Å². The molecule has 0 aromatic heterocycles. The maximum Gasteiger partial charge on any atom is 0.534 e. The number of hydrogen-bond acceptors (Lipinski definition) is 5. The van der Waals surface area contributed by atoms with Gasteiger partial charge in [-0.3, -0.25) is 0 Å². The average Bonchev–Trinajstić information content (AvgIpc) is 1.47. The van der Waals surface area contributed by atoms with Crippen molar-refractivity contribution in [3.63, 3.8) is 0 Å². The molecule has 0 saturated carbocycles. The zero-order valence-electron chi connectivity index (χ0n) is 69.2. The minimum absolute atomic E-state index is 0.350. The number of hydrogen-bond donors (Lipinski definition) is 0. The first-order chi connectivity index (χ1) is 60.8. The van der Waals surface area contributed by atoms with Crippen molar-refractivity contribution in [2.24, 2.45) is 0 Å². The highest BCUT2D eigenvalue weighted by molar-refractivity contribution is 7.88. The molecule has 1 saturated heterocycles. The predicted molar refractivity (Wildman–Crippen MR) is 515 cm³/mol. The molecule has 5 nitrogen and oxygen atoms in total. The van der Waals surface area contributed by atoms with E-state index < -0.39 is 21.4 Å². The molecule has 0 aliphatic carbocycles. The second-order valence-electron chi connectivity index (χ2n) is 32.7. The molecule has 604 valence electrons. The fourth-order valence-corrected chi connectivity index (χ4v) is 17.8. The fraction of sp³-hybridized carbons (Fsp3) is 0.0609. The molecule has 1 aliphatic rings. The molecule has 10 heteroatoms. The SMILES string of the molecule is CC1(C)OB(c2cccc(-c3cccc(-c4cccc(-c5ccccc5)c4)c3)c2)OC1(C)C.O=S(=O)(Oc1ccc2ccc(-c3c4ccccc4c(-c4ccccc4)c4ccccc34)cc2c1)C(F)(F)F.c1ccc(-c2cccc(-c3cccc(-c4cccc(-c5ccc6ccc(-c7c8ccccc8c(-c8ccccc8)c8ccccc78)cc6c5)c4)c3)c2)cc1. The smallest absolute Gasteiger partial charge is 0.399 e. The van der Waals surface area contributed by atoms with E-state index in [-0.39, 0.29) is 18.3 Å². The maximum atomic E-state index is 12.9. The lowest BCUT2D eigenvalue weighted by Crippen LogP contribution is -2.41. The van der Waals surface area contributed by atoms with Crippen LogP contribution in [0.5, 0.6) is 5.75 Å². The van der Waals surface area contributed by atoms with Gasteiger partial charge in [0.25, 0.3) is 0 Å². The minimum atomic E-state index is -5.77. The lowest BCUT2D eigenvalue weighted by molar-refractivity contribution is -0.0500. The Morgan fingerprint density at radius 1 is 0.232 bits per heavy atom. The highest BCUT2D eigenvalue weighted by atomic mass is 32.2. The number of alkyl halides is 3. The van der Waals surface area contributed by atoms with E-state index in [1.54, 1.807) is 0 Å². The lowest BCUT2D eigenvalue weighted by Gasteiger charge is -2.32. The van der Waals surface area contributed by atoms with Gasteiger partial charge in [-0.15, -0.1) is 0 Å². The van der Waals surface area contributed by atoms with Crippen LogP contribution in [-0.4, -0.2) is 32.2 Å². The lowest BCUT2D eigenvalue weighted by atomic mass is 9.78. The Morgan fingerprint density at radius 3 is 0.784 bits per heavy atom. The molecule has 20 aromatic rings. The van der Waals surface area contributed by atoms with Crippen LogP contribution in [0.2, 0.25) is 0 Å². The van der Waals surface area contributed by atoms with Gasteiger partial charge in [-0.2, -0.15) is 21.6 Å². The van der Waals surface area contributed by atoms with Crippen molar-refractivity contribution in [2.75, 3.05) is 0 Å². The summed E-state index contributed by atoms with van der Waals surface area (Å²) in [6, 6.07) is 152. The van der Waals surface area contributed by atoms with E-state index in [1.807, 2.05) is 60.7 Å². The molecule has 0 spiro atoms. The standard InChI is InChI=1S/C54H36.C31H19F3O3S.C30H29BO2/c1-3-14-37(15-4-1)40-18-11-19-41(32-40)42-20-12-21-43(33-42)44-22-13-23-45(34-44)46-30-28-38-29-31-47(36-48(38)35-46)54-51-26-9-7-24-49(51)53(39-16-5-2-6-17-39)50-25-8-10-27-52(50)54;32-31(33,34)38(35,36)37-24-17-16-20-14-15-22(18-23(20)19-24)30-27-12-6-4-10-25(27)29(21-8-2-1-3-9-21)26-11-5-7-13-28(26)30;1-29(2)30(3,4)33-31(32-29)28-18-10-17-27(21-28)26-16-9-15-25(20-26)24-14-8-13-23(19-24)22-11-6-5-7-12-22/h1-36H;1-19H;5-21H,1-4H3. The largest absolute Gasteiger partial charge is 0.534 e. The van der Waals surface area contributed by atoms with Gasteiger partial charge in [-0.05, 0) is 281 Å². The van der Waals surface area contributed by atoms with Gasteiger partial charge in [0.1, 0.15) is 5.75 Å². The van der Waals surface area contributed by atoms with Crippen molar-refractivity contribution < 1.29 is 35.1 Å². The van der Waals surface area contributed by atoms with Crippen molar-refractivity contribution in [1.82, 2.24) is 0 Å². The number of rotatable bonds is 14. The topological polar surface area (TPSA) is 61.8 Å². The van der Waals surface area contributed by atoms with E-state index in [2.05, 4.69) is 390 Å². The summed E-state index contributed by atoms with van der Waals surface area (Å²) in [5.41, 5.74) is 20.8. The summed E-state index contributed by atoms with van der Waals surface area (Å²) in [7, 11) is -6.13. The van der Waals surface area contributed by atoms with Crippen molar-refractivity contribution >= 4 is 87.3 Å². The summed E-state index contributed by atoms with van der Waals surface area (Å²) in [4.78, 5) is 0. The van der Waals surface area contributed by atoms with Crippen LogP contribution in [0.15, 0.2) is 437 Å². The van der Waals surface area contributed by atoms with E-state index in [4.69, 9.17) is 9.31 Å². The van der Waals surface area contributed by atoms with Gasteiger partial charge in [-0.1, -0.05) is 376 Å². The van der Waals surface area contributed by atoms with Gasteiger partial charge in [0.05, 0.1) is 11.2 Å². The van der Waals surface area contributed by atoms with Crippen molar-refractivity contribution in [3.8, 4) is 128 Å². The molecule has 0 N–H and O–H groups in total. The normalized spacial score (nSPS) is 13.0. The quantitative estimate of drug-likeness (QED) is 0.0470. The van der Waals surface area contributed by atoms with E-state index in [9.17, 15) is 21.6 Å². The molecule has 1 aliphatic heterocycles. The molecular weight excluding hydrogens is 1560 g/mol. The Morgan fingerprint density at radius 2 is 0.464 bits per heavy atom. The van der Waals surface area contributed by atoms with Gasteiger partial charge in [0.2, 0.25) is 0 Å². The molecule has 1 heterocycles. The van der Waals surface area contributed by atoms with E-state index >= 15 is 0 Å². The van der Waals surface area contributed by atoms with E-state index in [0.29, 0.717) is 5.39 Å². The van der Waals surface area contributed by atoms with Gasteiger partial charge < -0.3 is 13.5 Å². The molecule has 1 fully saturated rings. The van der Waals surface area contributed by atoms with Gasteiger partial charge in [-0.25, -0.2) is 0 Å². The Hall–Kier alpha value is -14.5. The Kier molecular flexibility index (Phi) is 21.6. The molecular formula is C115H84BF3O5S. The molecule has 0 amide bonds. The third-order valence-electron chi connectivity index (χ3n) is 24.3. The van der Waals surface area contributed by atoms with Crippen LogP contribution in [0.25, 0.3) is 187 Å². The zero-order chi connectivity index (χ0) is 85.4. The van der Waals surface area contributed by atoms with E-state index in [0.717, 1.165) is 60.2 Å². The molecule has 0 unspecified atom stereocenters. The van der Waals surface area contributed by atoms with Crippen LogP contribution in [0.4, 0.5) is 13.2 Å². The molecule has 21 rings (SSSR count). The van der Waals surface area contributed by atoms with Crippen molar-refractivity contribution in [3.05, 3.63) is 437 Å². The highest BCUT2D eigenvalue weighted by Crippen LogP contribution is 2.48. The van der Waals surface area contributed by atoms with Gasteiger partial charge in [0.15, 0.2) is 0 Å². The van der Waals surface area contributed by atoms with Gasteiger partial charge in [0, 0.05) is 0 Å². The molecule has 0 radical (unpaired) electrons. The molecule has 20 aromatic carbocycles. The van der Waals surface area contributed by atoms with Crippen molar-refractivity contribution in [1.29, 1.82) is 0 Å². The first-order valence-corrected chi connectivity index (χ1v) is 43.4. The first kappa shape index (κ1) is 80.2. The fourth-order valence-electron chi connectivity index (χ4n) is 17.4. The second kappa shape index (κ2) is 33.7. The Bertz CT molecular complexity index is 7460. The van der Waals surface area contributed by atoms with Crippen LogP contribution >= 0.6 is 0 Å². The zero-order valence-corrected chi connectivity index (χ0v) is 70.0. The third kappa shape index (κ3) is 16.3. The molecule has 125 heavy (non-hydrogen) atoms. The van der Waals surface area contributed by atoms with Crippen LogP contribution in [0.1, 0.15) is 27.7 Å². The summed E-state index contributed by atoms with van der Waals surface area (Å²) in [6.45, 7) is 8.35. The number of fused-ring (bicyclic) bond motifs is 6. The number of benzene rings is 20. The van der Waals surface area contributed by atoms with Crippen LogP contribution < -0.4 is 9.65 Å². The first-order valence-electron chi connectivity index (χ1n) is 42.0. The second-order valence-corrected chi connectivity index (χ2v) is 34.3. The predicted octanol–water partition coefficient (Wildman–Crippen LogP) is 30.8. The molecule has 0 bridgehead atoms. The summed E-state index contributed by atoms with van der Waals surface area (Å²) < 4.78 is 78.6. The Balaban J connectivity index is 0.000000128. The summed E-state index contributed by atoms with van der Waals surface area (Å²) in [5, 5.41) is 13.0. The maximum absolute atomic E-state index is 12.9. The monoisotopic (exact) mass is 1640 g/mol. The van der Waals surface area contributed by atoms with Gasteiger partial charge >= 0.3 is 22.7 Å². The number of halogens is 3. The van der Waals surface area contributed by atoms with Crippen LogP contribution in [0, 0.1) is 0 Å². The summed E-state index contributed by atoms with van der Waals surface area (Å²) in [5.74, 6) is -0.402. The average molecular weight is 1650 g/mol. The molecule has 0 atom stereocenters. The van der Waals surface area contributed by atoms with E-state index in [1.165, 1.54) is 145 Å². The third-order valence-corrected chi connectivity index (χ3v) is 25.3. The summed E-state index contributed by atoms with van der Waals surface area (Å²) in [6.07, 6.45) is 0. The minimum Gasteiger partial charge on any atom is -0.399 e. The Labute approximate surface area is 726 Å². The van der Waals surface area contributed by atoms with Crippen LogP contribution in [0.3, 0.4) is 0 Å². The summed E-state index contributed by atoms with van der Waals surface area (Å²) >= 11 is 0. The highest BCUT2D eigenvalue weighted by Gasteiger charge is 2.52. The van der Waals surface area contributed by atoms with Crippen molar-refractivity contribution in [2.45, 2.75) is 44.4 Å².